The van der Waals surface area contributed by atoms with Crippen LogP contribution in [0.5, 0.6) is 0 Å². The molecule has 1 aliphatic rings. The van der Waals surface area contributed by atoms with Gasteiger partial charge in [0.2, 0.25) is 5.91 Å². The van der Waals surface area contributed by atoms with Crippen molar-refractivity contribution in [3.8, 4) is 0 Å². The first kappa shape index (κ1) is 14.3. The summed E-state index contributed by atoms with van der Waals surface area (Å²) in [6.45, 7) is 2.67. The average Bonchev–Trinajstić information content (AvgIpc) is 2.92. The predicted molar refractivity (Wildman–Crippen MR) is 77.9 cm³/mol. The first-order chi connectivity index (χ1) is 8.97. The van der Waals surface area contributed by atoms with Crippen molar-refractivity contribution in [3.05, 3.63) is 26.9 Å². The maximum Gasteiger partial charge on any atom is 0.308 e. The number of nitrogens with zero attached hydrogens (tertiary/aromatic N) is 1. The van der Waals surface area contributed by atoms with E-state index in [-0.39, 0.29) is 11.8 Å². The highest BCUT2D eigenvalue weighted by molar-refractivity contribution is 9.11. The molecule has 1 aliphatic heterocycles. The minimum Gasteiger partial charge on any atom is -0.481 e. The van der Waals surface area contributed by atoms with Crippen LogP contribution in [0.1, 0.15) is 11.8 Å². The summed E-state index contributed by atoms with van der Waals surface area (Å²) in [5.74, 6) is -1.40. The summed E-state index contributed by atoms with van der Waals surface area (Å²) in [6, 6.07) is 3.85. The lowest BCUT2D eigenvalue weighted by atomic mass is 9.99. The van der Waals surface area contributed by atoms with E-state index in [1.54, 1.807) is 22.3 Å². The summed E-state index contributed by atoms with van der Waals surface area (Å²) >= 11 is 4.90. The average molecular weight is 344 g/mol. The Kier molecular flexibility index (Phi) is 4.42. The van der Waals surface area contributed by atoms with Crippen LogP contribution < -0.4 is 0 Å². The Bertz CT molecular complexity index is 526. The number of thiophene rings is 1. The van der Waals surface area contributed by atoms with Crippen LogP contribution in [0.25, 0.3) is 6.08 Å². The first-order valence-corrected chi connectivity index (χ1v) is 7.53. The molecule has 2 rings (SSSR count). The Morgan fingerprint density at radius 1 is 1.47 bits per heavy atom. The van der Waals surface area contributed by atoms with E-state index in [1.807, 2.05) is 19.1 Å². The lowest BCUT2D eigenvalue weighted by Gasteiger charge is -2.12. The number of carboxylic acid groups (broad SMARTS) is 1. The van der Waals surface area contributed by atoms with Crippen LogP contribution in [0.3, 0.4) is 0 Å². The van der Waals surface area contributed by atoms with E-state index >= 15 is 0 Å². The van der Waals surface area contributed by atoms with Gasteiger partial charge in [0.25, 0.3) is 0 Å². The SMILES string of the molecule is C[C@@H]1CN(C(=O)/C=C/c2ccc(Br)s2)C[C@H]1C(=O)O. The molecule has 1 amide bonds. The number of amides is 1. The molecule has 1 saturated heterocycles. The van der Waals surface area contributed by atoms with E-state index in [9.17, 15) is 9.59 Å². The van der Waals surface area contributed by atoms with Gasteiger partial charge in [-0.05, 0) is 40.1 Å². The summed E-state index contributed by atoms with van der Waals surface area (Å²) in [5.41, 5.74) is 0. The Hall–Kier alpha value is -1.14. The molecule has 1 fully saturated rings. The smallest absolute Gasteiger partial charge is 0.308 e. The van der Waals surface area contributed by atoms with E-state index < -0.39 is 11.9 Å². The van der Waals surface area contributed by atoms with Crippen molar-refractivity contribution in [2.45, 2.75) is 6.92 Å². The molecule has 0 unspecified atom stereocenters. The largest absolute Gasteiger partial charge is 0.481 e. The quantitative estimate of drug-likeness (QED) is 0.858. The summed E-state index contributed by atoms with van der Waals surface area (Å²) in [7, 11) is 0. The van der Waals surface area contributed by atoms with Crippen LogP contribution in [-0.4, -0.2) is 35.0 Å². The van der Waals surface area contributed by atoms with Crippen LogP contribution in [0.2, 0.25) is 0 Å². The van der Waals surface area contributed by atoms with Crippen molar-refractivity contribution in [2.24, 2.45) is 11.8 Å². The molecule has 1 N–H and O–H groups in total. The van der Waals surface area contributed by atoms with Crippen LogP contribution in [0.15, 0.2) is 22.0 Å². The second kappa shape index (κ2) is 5.88. The number of likely N-dealkylation sites (tertiary alicyclic amines) is 1. The van der Waals surface area contributed by atoms with Crippen molar-refractivity contribution in [3.63, 3.8) is 0 Å². The Morgan fingerprint density at radius 2 is 2.21 bits per heavy atom. The third-order valence-corrected chi connectivity index (χ3v) is 4.81. The van der Waals surface area contributed by atoms with Crippen LogP contribution >= 0.6 is 27.3 Å². The second-order valence-corrected chi connectivity index (χ2v) is 7.14. The predicted octanol–water partition coefficient (Wildman–Crippen LogP) is 2.70. The van der Waals surface area contributed by atoms with Crippen molar-refractivity contribution >= 4 is 45.2 Å². The van der Waals surface area contributed by atoms with Crippen LogP contribution in [0, 0.1) is 11.8 Å². The lowest BCUT2D eigenvalue weighted by molar-refractivity contribution is -0.142. The molecular weight excluding hydrogens is 330 g/mol. The standard InChI is InChI=1S/C13H14BrNO3S/c1-8-6-15(7-10(8)13(17)18)12(16)5-3-9-2-4-11(14)19-9/h2-5,8,10H,6-7H2,1H3,(H,17,18)/b5-3+/t8-,10-/m1/s1. The highest BCUT2D eigenvalue weighted by Gasteiger charge is 2.36. The van der Waals surface area contributed by atoms with Gasteiger partial charge in [-0.2, -0.15) is 0 Å². The summed E-state index contributed by atoms with van der Waals surface area (Å²) in [5, 5.41) is 9.03. The third-order valence-electron chi connectivity index (χ3n) is 3.23. The minimum absolute atomic E-state index is 0.00531. The lowest BCUT2D eigenvalue weighted by Crippen LogP contribution is -2.28. The molecule has 2 heterocycles. The number of halogens is 1. The zero-order valence-corrected chi connectivity index (χ0v) is 12.8. The van der Waals surface area contributed by atoms with Gasteiger partial charge >= 0.3 is 5.97 Å². The van der Waals surface area contributed by atoms with Gasteiger partial charge in [-0.1, -0.05) is 6.92 Å². The maximum atomic E-state index is 12.0. The van der Waals surface area contributed by atoms with Crippen molar-refractivity contribution in [1.82, 2.24) is 4.90 Å². The molecule has 1 aromatic heterocycles. The Morgan fingerprint density at radius 3 is 2.74 bits per heavy atom. The summed E-state index contributed by atoms with van der Waals surface area (Å²) < 4.78 is 1.01. The number of aliphatic carboxylic acids is 1. The van der Waals surface area contributed by atoms with E-state index in [2.05, 4.69) is 15.9 Å². The van der Waals surface area contributed by atoms with Gasteiger partial charge in [-0.25, -0.2) is 0 Å². The maximum absolute atomic E-state index is 12.0. The third kappa shape index (κ3) is 3.45. The van der Waals surface area contributed by atoms with Crippen molar-refractivity contribution in [2.75, 3.05) is 13.1 Å². The number of carboxylic acids is 1. The molecule has 0 bridgehead atoms. The topological polar surface area (TPSA) is 57.6 Å². The molecule has 0 aromatic carbocycles. The number of hydrogen-bond donors (Lipinski definition) is 1. The van der Waals surface area contributed by atoms with Gasteiger partial charge < -0.3 is 10.0 Å². The summed E-state index contributed by atoms with van der Waals surface area (Å²) in [6.07, 6.45) is 3.27. The normalized spacial score (nSPS) is 23.2. The highest BCUT2D eigenvalue weighted by atomic mass is 79.9. The van der Waals surface area contributed by atoms with Crippen molar-refractivity contribution in [1.29, 1.82) is 0 Å². The molecule has 6 heteroatoms. The highest BCUT2D eigenvalue weighted by Crippen LogP contribution is 2.25. The molecule has 102 valence electrons. The van der Waals surface area contributed by atoms with Crippen LogP contribution in [0.4, 0.5) is 0 Å². The molecular formula is C13H14BrNO3S. The fraction of sp³-hybridized carbons (Fsp3) is 0.385. The molecule has 0 radical (unpaired) electrons. The molecule has 0 spiro atoms. The fourth-order valence-corrected chi connectivity index (χ4v) is 3.47. The monoisotopic (exact) mass is 343 g/mol. The first-order valence-electron chi connectivity index (χ1n) is 5.92. The molecule has 1 aromatic rings. The Labute approximate surface area is 123 Å². The van der Waals surface area contributed by atoms with E-state index in [1.165, 1.54) is 6.08 Å². The van der Waals surface area contributed by atoms with Gasteiger partial charge in [0.15, 0.2) is 0 Å². The minimum atomic E-state index is -0.825. The number of hydrogen-bond acceptors (Lipinski definition) is 3. The number of carbonyl (C=O) groups is 2. The summed E-state index contributed by atoms with van der Waals surface area (Å²) in [4.78, 5) is 25.6. The zero-order chi connectivity index (χ0) is 14.0. The molecule has 4 nitrogen and oxygen atoms in total. The van der Waals surface area contributed by atoms with Gasteiger partial charge in [0, 0.05) is 24.0 Å². The van der Waals surface area contributed by atoms with E-state index in [0.29, 0.717) is 13.1 Å². The zero-order valence-electron chi connectivity index (χ0n) is 10.4. The fourth-order valence-electron chi connectivity index (χ4n) is 2.14. The van der Waals surface area contributed by atoms with Crippen molar-refractivity contribution < 1.29 is 14.7 Å². The number of carbonyl (C=O) groups excluding carboxylic acids is 1. The molecule has 0 saturated carbocycles. The Balaban J connectivity index is 1.98. The molecule has 0 aliphatic carbocycles. The molecule has 19 heavy (non-hydrogen) atoms. The molecule has 2 atom stereocenters. The van der Waals surface area contributed by atoms with E-state index in [4.69, 9.17) is 5.11 Å². The van der Waals surface area contributed by atoms with Gasteiger partial charge in [-0.3, -0.25) is 9.59 Å². The van der Waals surface area contributed by atoms with Gasteiger partial charge in [0.1, 0.15) is 0 Å². The number of rotatable bonds is 3. The van der Waals surface area contributed by atoms with Gasteiger partial charge in [0.05, 0.1) is 9.70 Å². The second-order valence-electron chi connectivity index (χ2n) is 4.64. The van der Waals surface area contributed by atoms with Gasteiger partial charge in [-0.15, -0.1) is 11.3 Å². The van der Waals surface area contributed by atoms with E-state index in [0.717, 1.165) is 8.66 Å². The van der Waals surface area contributed by atoms with Crippen LogP contribution in [-0.2, 0) is 9.59 Å².